The topological polar surface area (TPSA) is 37.3 Å². The van der Waals surface area contributed by atoms with Gasteiger partial charge in [0.25, 0.3) is 0 Å². The lowest BCUT2D eigenvalue weighted by molar-refractivity contribution is 0.0746. The van der Waals surface area contributed by atoms with Crippen molar-refractivity contribution in [2.45, 2.75) is 6.10 Å². The Kier molecular flexibility index (Phi) is 3.66. The highest BCUT2D eigenvalue weighted by Crippen LogP contribution is 2.22. The van der Waals surface area contributed by atoms with E-state index >= 15 is 0 Å². The van der Waals surface area contributed by atoms with Crippen LogP contribution in [0, 0.1) is 17.5 Å². The molecule has 0 aliphatic rings. The summed E-state index contributed by atoms with van der Waals surface area (Å²) in [4.78, 5) is 11.9. The Morgan fingerprint density at radius 1 is 1.00 bits per heavy atom. The van der Waals surface area contributed by atoms with Gasteiger partial charge in [-0.15, -0.1) is 0 Å². The van der Waals surface area contributed by atoms with Crippen molar-refractivity contribution in [2.24, 2.45) is 0 Å². The lowest BCUT2D eigenvalue weighted by atomic mass is 10.00. The van der Waals surface area contributed by atoms with Crippen molar-refractivity contribution in [3.63, 3.8) is 0 Å². The van der Waals surface area contributed by atoms with E-state index in [2.05, 4.69) is 0 Å². The highest BCUT2D eigenvalue weighted by molar-refractivity contribution is 5.99. The normalized spacial score (nSPS) is 12.2. The molecule has 2 aromatic rings. The molecule has 0 saturated heterocycles. The maximum absolute atomic E-state index is 13.0. The first-order chi connectivity index (χ1) is 9.00. The van der Waals surface area contributed by atoms with E-state index in [0.717, 1.165) is 0 Å². The van der Waals surface area contributed by atoms with E-state index in [0.29, 0.717) is 12.1 Å². The van der Waals surface area contributed by atoms with Crippen LogP contribution in [0.1, 0.15) is 22.0 Å². The lowest BCUT2D eigenvalue weighted by Crippen LogP contribution is -2.13. The standard InChI is InChI=1S/C14H9F3O2/c15-10-6-9(7-11(16)12(10)17)14(19)13(18)8-4-2-1-3-5-8/h1-7,14,19H. The molecular weight excluding hydrogens is 257 g/mol. The molecule has 0 aromatic heterocycles. The Morgan fingerprint density at radius 3 is 2.05 bits per heavy atom. The van der Waals surface area contributed by atoms with Gasteiger partial charge in [0, 0.05) is 5.56 Å². The molecule has 0 bridgehead atoms. The molecule has 1 N–H and O–H groups in total. The highest BCUT2D eigenvalue weighted by atomic mass is 19.2. The third-order valence-corrected chi connectivity index (χ3v) is 2.63. The molecule has 0 fully saturated rings. The minimum atomic E-state index is -1.74. The van der Waals surface area contributed by atoms with Gasteiger partial charge in [0.15, 0.2) is 23.2 Å². The number of benzene rings is 2. The third-order valence-electron chi connectivity index (χ3n) is 2.63. The Hall–Kier alpha value is -2.14. The predicted octanol–water partition coefficient (Wildman–Crippen LogP) is 3.02. The number of aliphatic hydroxyl groups excluding tert-OH is 1. The van der Waals surface area contributed by atoms with Gasteiger partial charge in [-0.2, -0.15) is 0 Å². The number of aliphatic hydroxyl groups is 1. The second-order valence-electron chi connectivity index (χ2n) is 3.93. The Bertz CT molecular complexity index is 588. The monoisotopic (exact) mass is 266 g/mol. The number of halogens is 3. The molecule has 0 spiro atoms. The van der Waals surface area contributed by atoms with Gasteiger partial charge in [-0.3, -0.25) is 4.79 Å². The van der Waals surface area contributed by atoms with Gasteiger partial charge < -0.3 is 5.11 Å². The van der Waals surface area contributed by atoms with Crippen molar-refractivity contribution < 1.29 is 23.1 Å². The molecule has 2 rings (SSSR count). The van der Waals surface area contributed by atoms with E-state index < -0.39 is 29.3 Å². The van der Waals surface area contributed by atoms with Crippen molar-refractivity contribution in [1.82, 2.24) is 0 Å². The van der Waals surface area contributed by atoms with Crippen LogP contribution in [-0.4, -0.2) is 10.9 Å². The van der Waals surface area contributed by atoms with Crippen molar-refractivity contribution >= 4 is 5.78 Å². The van der Waals surface area contributed by atoms with E-state index in [1.165, 1.54) is 12.1 Å². The van der Waals surface area contributed by atoms with Crippen molar-refractivity contribution in [1.29, 1.82) is 0 Å². The summed E-state index contributed by atoms with van der Waals surface area (Å²) >= 11 is 0. The molecule has 0 radical (unpaired) electrons. The fourth-order valence-corrected chi connectivity index (χ4v) is 1.64. The molecule has 0 amide bonds. The first kappa shape index (κ1) is 13.3. The second kappa shape index (κ2) is 5.24. The Labute approximate surface area is 107 Å². The van der Waals surface area contributed by atoms with Crippen LogP contribution in [0.15, 0.2) is 42.5 Å². The molecule has 2 nitrogen and oxygen atoms in total. The quantitative estimate of drug-likeness (QED) is 0.685. The minimum absolute atomic E-state index is 0.195. The van der Waals surface area contributed by atoms with Crippen LogP contribution in [-0.2, 0) is 0 Å². The predicted molar refractivity (Wildman–Crippen MR) is 62.0 cm³/mol. The molecule has 1 atom stereocenters. The molecule has 5 heteroatoms. The number of hydrogen-bond acceptors (Lipinski definition) is 2. The summed E-state index contributed by atoms with van der Waals surface area (Å²) in [5, 5.41) is 9.78. The van der Waals surface area contributed by atoms with Gasteiger partial charge in [-0.25, -0.2) is 13.2 Å². The van der Waals surface area contributed by atoms with E-state index in [1.807, 2.05) is 0 Å². The summed E-state index contributed by atoms with van der Waals surface area (Å²) in [6.07, 6.45) is -1.74. The summed E-state index contributed by atoms with van der Waals surface area (Å²) in [5.41, 5.74) is -0.134. The zero-order chi connectivity index (χ0) is 14.0. The largest absolute Gasteiger partial charge is 0.380 e. The van der Waals surface area contributed by atoms with E-state index in [9.17, 15) is 23.1 Å². The fourth-order valence-electron chi connectivity index (χ4n) is 1.64. The molecule has 0 aliphatic carbocycles. The van der Waals surface area contributed by atoms with Gasteiger partial charge >= 0.3 is 0 Å². The number of ketones is 1. The van der Waals surface area contributed by atoms with Crippen molar-refractivity contribution in [3.05, 3.63) is 71.0 Å². The number of carbonyl (C=O) groups excluding carboxylic acids is 1. The molecule has 0 aliphatic heterocycles. The Morgan fingerprint density at radius 2 is 1.53 bits per heavy atom. The van der Waals surface area contributed by atoms with Crippen LogP contribution in [0.25, 0.3) is 0 Å². The number of hydrogen-bond donors (Lipinski definition) is 1. The summed E-state index contributed by atoms with van der Waals surface area (Å²) in [5.74, 6) is -5.25. The van der Waals surface area contributed by atoms with Crippen LogP contribution >= 0.6 is 0 Å². The summed E-state index contributed by atoms with van der Waals surface area (Å²) in [7, 11) is 0. The zero-order valence-corrected chi connectivity index (χ0v) is 9.61. The number of rotatable bonds is 3. The van der Waals surface area contributed by atoms with Crippen molar-refractivity contribution in [2.75, 3.05) is 0 Å². The van der Waals surface area contributed by atoms with Gasteiger partial charge in [0.1, 0.15) is 6.10 Å². The summed E-state index contributed by atoms with van der Waals surface area (Å²) in [6, 6.07) is 8.98. The molecule has 0 saturated carbocycles. The minimum Gasteiger partial charge on any atom is -0.380 e. The first-order valence-corrected chi connectivity index (χ1v) is 5.42. The molecule has 0 heterocycles. The van der Waals surface area contributed by atoms with Gasteiger partial charge in [-0.05, 0) is 17.7 Å². The fraction of sp³-hybridized carbons (Fsp3) is 0.0714. The molecular formula is C14H9F3O2. The maximum atomic E-state index is 13.0. The van der Waals surface area contributed by atoms with Gasteiger partial charge in [0.05, 0.1) is 0 Å². The van der Waals surface area contributed by atoms with Crippen LogP contribution in [0.3, 0.4) is 0 Å². The van der Waals surface area contributed by atoms with Crippen LogP contribution in [0.5, 0.6) is 0 Å². The Balaban J connectivity index is 2.35. The van der Waals surface area contributed by atoms with E-state index in [1.54, 1.807) is 18.2 Å². The van der Waals surface area contributed by atoms with E-state index in [-0.39, 0.29) is 11.1 Å². The molecule has 1 unspecified atom stereocenters. The smallest absolute Gasteiger partial charge is 0.195 e. The molecule has 2 aromatic carbocycles. The first-order valence-electron chi connectivity index (χ1n) is 5.42. The molecule has 98 valence electrons. The number of Topliss-reactive ketones (excluding diaryl/α,β-unsaturated/α-hetero) is 1. The van der Waals surface area contributed by atoms with Crippen LogP contribution in [0.2, 0.25) is 0 Å². The molecule has 19 heavy (non-hydrogen) atoms. The second-order valence-corrected chi connectivity index (χ2v) is 3.93. The average Bonchev–Trinajstić information content (AvgIpc) is 2.43. The third kappa shape index (κ3) is 2.66. The SMILES string of the molecule is O=C(c1ccccc1)C(O)c1cc(F)c(F)c(F)c1. The highest BCUT2D eigenvalue weighted by Gasteiger charge is 2.22. The van der Waals surface area contributed by atoms with Gasteiger partial charge in [0.2, 0.25) is 0 Å². The summed E-state index contributed by atoms with van der Waals surface area (Å²) < 4.78 is 38.8. The average molecular weight is 266 g/mol. The summed E-state index contributed by atoms with van der Waals surface area (Å²) in [6.45, 7) is 0. The zero-order valence-electron chi connectivity index (χ0n) is 9.61. The van der Waals surface area contributed by atoms with Crippen LogP contribution in [0.4, 0.5) is 13.2 Å². The van der Waals surface area contributed by atoms with Crippen LogP contribution < -0.4 is 0 Å². The maximum Gasteiger partial charge on any atom is 0.195 e. The van der Waals surface area contributed by atoms with Gasteiger partial charge in [-0.1, -0.05) is 30.3 Å². The lowest BCUT2D eigenvalue weighted by Gasteiger charge is -2.10. The van der Waals surface area contributed by atoms with E-state index in [4.69, 9.17) is 0 Å². The van der Waals surface area contributed by atoms with Crippen molar-refractivity contribution in [3.8, 4) is 0 Å². The number of carbonyl (C=O) groups is 1.